The van der Waals surface area contributed by atoms with Gasteiger partial charge >= 0.3 is 12.3 Å². The topological polar surface area (TPSA) is 96.1 Å². The van der Waals surface area contributed by atoms with Crippen LogP contribution < -0.4 is 0 Å². The van der Waals surface area contributed by atoms with Crippen molar-refractivity contribution in [2.45, 2.75) is 37.6 Å². The molecule has 2 heterocycles. The molecule has 0 N–H and O–H groups in total. The van der Waals surface area contributed by atoms with Gasteiger partial charge in [-0.25, -0.2) is 22.2 Å². The lowest BCUT2D eigenvalue weighted by atomic mass is 10.1. The number of ether oxygens (including phenoxy) is 1. The fourth-order valence-electron chi connectivity index (χ4n) is 2.76. The van der Waals surface area contributed by atoms with Gasteiger partial charge in [0.1, 0.15) is 17.1 Å². The number of rotatable bonds is 2. The summed E-state index contributed by atoms with van der Waals surface area (Å²) < 4.78 is 85.3. The van der Waals surface area contributed by atoms with Gasteiger partial charge in [0, 0.05) is 16.1 Å². The summed E-state index contributed by atoms with van der Waals surface area (Å²) >= 11 is 5.65. The Morgan fingerprint density at radius 2 is 1.81 bits per heavy atom. The van der Waals surface area contributed by atoms with Gasteiger partial charge in [0.05, 0.1) is 17.3 Å². The number of fused-ring (bicyclic) bond motifs is 1. The molecule has 0 saturated carbocycles. The van der Waals surface area contributed by atoms with Crippen LogP contribution in [0.3, 0.4) is 0 Å². The van der Waals surface area contributed by atoms with Gasteiger partial charge < -0.3 is 4.74 Å². The minimum absolute atomic E-state index is 0.0838. The van der Waals surface area contributed by atoms with Crippen molar-refractivity contribution in [3.05, 3.63) is 34.9 Å². The van der Waals surface area contributed by atoms with E-state index >= 15 is 0 Å². The minimum atomic E-state index is -5.10. The van der Waals surface area contributed by atoms with Crippen molar-refractivity contribution >= 4 is 48.3 Å². The molecule has 0 bridgehead atoms. The van der Waals surface area contributed by atoms with E-state index < -0.39 is 59.9 Å². The second kappa shape index (κ2) is 7.35. The first-order chi connectivity index (χ1) is 14.0. The molecule has 3 rings (SSSR count). The molecular formula is C16H12Cl2F4N4O4S. The van der Waals surface area contributed by atoms with Gasteiger partial charge in [-0.3, -0.25) is 0 Å². The smallest absolute Gasteiger partial charge is 0.420 e. The molecule has 0 aliphatic heterocycles. The van der Waals surface area contributed by atoms with E-state index in [4.69, 9.17) is 27.0 Å². The largest absolute Gasteiger partial charge is 0.443 e. The molecule has 0 spiro atoms. The number of aromatic nitrogens is 4. The van der Waals surface area contributed by atoms with Crippen molar-refractivity contribution < 1.29 is 35.5 Å². The number of hydrogen-bond donors (Lipinski definition) is 0. The molecule has 31 heavy (non-hydrogen) atoms. The Morgan fingerprint density at radius 3 is 2.26 bits per heavy atom. The Hall–Kier alpha value is -2.38. The van der Waals surface area contributed by atoms with Crippen LogP contribution in [-0.4, -0.2) is 39.7 Å². The van der Waals surface area contributed by atoms with E-state index in [1.165, 1.54) is 20.8 Å². The summed E-state index contributed by atoms with van der Waals surface area (Å²) in [6.45, 7) is 4.35. The average Bonchev–Trinajstić information content (AvgIpc) is 3.16. The molecule has 15 heteroatoms. The highest BCUT2D eigenvalue weighted by atomic mass is 35.7. The number of alkyl halides is 3. The molecule has 2 aromatic heterocycles. The molecule has 0 amide bonds. The van der Waals surface area contributed by atoms with Crippen LogP contribution >= 0.6 is 22.3 Å². The van der Waals surface area contributed by atoms with E-state index in [9.17, 15) is 30.8 Å². The molecule has 8 nitrogen and oxygen atoms in total. The maximum atomic E-state index is 14.9. The van der Waals surface area contributed by atoms with Crippen LogP contribution in [0.5, 0.6) is 0 Å². The van der Waals surface area contributed by atoms with E-state index in [1.54, 1.807) is 0 Å². The van der Waals surface area contributed by atoms with Crippen LogP contribution in [0, 0.1) is 5.82 Å². The Labute approximate surface area is 181 Å². The van der Waals surface area contributed by atoms with Gasteiger partial charge in [-0.2, -0.15) is 18.3 Å². The second-order valence-corrected chi connectivity index (χ2v) is 10.1. The monoisotopic (exact) mass is 502 g/mol. The van der Waals surface area contributed by atoms with Crippen LogP contribution in [-0.2, 0) is 20.0 Å². The van der Waals surface area contributed by atoms with Gasteiger partial charge in [-0.05, 0) is 32.9 Å². The third kappa shape index (κ3) is 4.48. The number of benzene rings is 1. The normalized spacial score (nSPS) is 13.1. The van der Waals surface area contributed by atoms with E-state index in [0.717, 1.165) is 6.20 Å². The van der Waals surface area contributed by atoms with Gasteiger partial charge in [0.2, 0.25) is 0 Å². The number of carbonyl (C=O) groups is 1. The minimum Gasteiger partial charge on any atom is -0.443 e. The average molecular weight is 503 g/mol. The summed E-state index contributed by atoms with van der Waals surface area (Å²) in [5.41, 5.74) is -4.38. The summed E-state index contributed by atoms with van der Waals surface area (Å²) in [4.78, 5) is 13.1. The van der Waals surface area contributed by atoms with Crippen molar-refractivity contribution in [3.8, 4) is 5.69 Å². The highest BCUT2D eigenvalue weighted by molar-refractivity contribution is 8.13. The van der Waals surface area contributed by atoms with Gasteiger partial charge in [-0.1, -0.05) is 11.6 Å². The molecule has 0 atom stereocenters. The highest BCUT2D eigenvalue weighted by Crippen LogP contribution is 2.41. The van der Waals surface area contributed by atoms with E-state index in [-0.39, 0.29) is 15.8 Å². The van der Waals surface area contributed by atoms with E-state index in [0.29, 0.717) is 10.9 Å². The maximum absolute atomic E-state index is 14.9. The predicted octanol–water partition coefficient (Wildman–Crippen LogP) is 4.74. The van der Waals surface area contributed by atoms with Crippen LogP contribution in [0.25, 0.3) is 16.6 Å². The Kier molecular flexibility index (Phi) is 5.52. The predicted molar refractivity (Wildman–Crippen MR) is 101 cm³/mol. The van der Waals surface area contributed by atoms with E-state index in [1.807, 2.05) is 0 Å². The number of carbonyl (C=O) groups excluding carboxylic acids is 1. The Balaban J connectivity index is 2.53. The SMILES string of the molecule is CC(C)(C)OC(=O)n1c(S(=O)(=O)Cl)cc2c(-n3ncc(Cl)n3)c(C(F)(F)F)cc(F)c21. The molecule has 3 aromatic rings. The first kappa shape index (κ1) is 23.3. The number of hydrogen-bond acceptors (Lipinski definition) is 6. The van der Waals surface area contributed by atoms with Crippen molar-refractivity contribution in [2.24, 2.45) is 0 Å². The summed E-state index contributed by atoms with van der Waals surface area (Å²) in [5, 5.41) is 5.21. The molecule has 168 valence electrons. The van der Waals surface area contributed by atoms with Crippen LogP contribution in [0.15, 0.2) is 23.4 Å². The lowest BCUT2D eigenvalue weighted by Gasteiger charge is -2.21. The van der Waals surface area contributed by atoms with Gasteiger partial charge in [0.25, 0.3) is 9.05 Å². The third-order valence-corrected chi connectivity index (χ3v) is 5.22. The van der Waals surface area contributed by atoms with Crippen LogP contribution in [0.4, 0.5) is 22.4 Å². The zero-order valence-corrected chi connectivity index (χ0v) is 18.2. The first-order valence-electron chi connectivity index (χ1n) is 8.22. The summed E-state index contributed by atoms with van der Waals surface area (Å²) in [5.74, 6) is -1.55. The van der Waals surface area contributed by atoms with Crippen molar-refractivity contribution in [1.82, 2.24) is 19.6 Å². The molecule has 0 fully saturated rings. The molecule has 0 aliphatic carbocycles. The van der Waals surface area contributed by atoms with Crippen LogP contribution in [0.2, 0.25) is 5.15 Å². The Bertz CT molecular complexity index is 1310. The number of nitrogens with zero attached hydrogens (tertiary/aromatic N) is 4. The van der Waals surface area contributed by atoms with Crippen LogP contribution in [0.1, 0.15) is 26.3 Å². The molecule has 0 radical (unpaired) electrons. The fraction of sp³-hybridized carbons (Fsp3) is 0.312. The first-order valence-corrected chi connectivity index (χ1v) is 10.9. The lowest BCUT2D eigenvalue weighted by Crippen LogP contribution is -2.28. The quantitative estimate of drug-likeness (QED) is 0.370. The molecule has 0 saturated heterocycles. The molecular weight excluding hydrogens is 491 g/mol. The highest BCUT2D eigenvalue weighted by Gasteiger charge is 2.39. The van der Waals surface area contributed by atoms with Crippen molar-refractivity contribution in [1.29, 1.82) is 0 Å². The Morgan fingerprint density at radius 1 is 1.19 bits per heavy atom. The maximum Gasteiger partial charge on any atom is 0.420 e. The number of halogens is 6. The van der Waals surface area contributed by atoms with Gasteiger partial charge in [0.15, 0.2) is 10.2 Å². The zero-order chi connectivity index (χ0) is 23.5. The molecule has 0 unspecified atom stereocenters. The summed E-state index contributed by atoms with van der Waals surface area (Å²) in [6.07, 6.45) is -5.56. The van der Waals surface area contributed by atoms with E-state index in [2.05, 4.69) is 10.2 Å². The molecule has 0 aliphatic rings. The standard InChI is InChI=1S/C16H12Cl2F4N4O4S/c1-15(2,3)30-14(27)25-11(31(18,28)29)4-7-12(26-23-6-10(17)24-26)8(16(20,21)22)5-9(19)13(7)25/h4-6H,1-3H3. The summed E-state index contributed by atoms with van der Waals surface area (Å²) in [7, 11) is 0.630. The van der Waals surface area contributed by atoms with Gasteiger partial charge in [-0.15, -0.1) is 9.90 Å². The fourth-order valence-corrected chi connectivity index (χ4v) is 3.86. The zero-order valence-electron chi connectivity index (χ0n) is 15.8. The lowest BCUT2D eigenvalue weighted by molar-refractivity contribution is -0.137. The third-order valence-electron chi connectivity index (χ3n) is 3.77. The second-order valence-electron chi connectivity index (χ2n) is 7.21. The molecule has 1 aromatic carbocycles. The van der Waals surface area contributed by atoms with Crippen molar-refractivity contribution in [2.75, 3.05) is 0 Å². The summed E-state index contributed by atoms with van der Waals surface area (Å²) in [6, 6.07) is 0.687. The van der Waals surface area contributed by atoms with Crippen molar-refractivity contribution in [3.63, 3.8) is 0 Å².